The zero-order chi connectivity index (χ0) is 68.5. The molecule has 0 amide bonds. The Kier molecular flexibility index (Phi) is 22.3. The number of carbonyl (C=O) groups is 4. The van der Waals surface area contributed by atoms with E-state index in [1.165, 1.54) is 136 Å². The lowest BCUT2D eigenvalue weighted by Gasteiger charge is -2.48. The highest BCUT2D eigenvalue weighted by molar-refractivity contribution is 6.09. The Balaban J connectivity index is 1.11. The van der Waals surface area contributed by atoms with Gasteiger partial charge in [0.25, 0.3) is 0 Å². The molecule has 2 unspecified atom stereocenters. The summed E-state index contributed by atoms with van der Waals surface area (Å²) in [7, 11) is 18.7. The molecular formula is C68H74O28. The molecule has 514 valence electrons. The van der Waals surface area contributed by atoms with Crippen LogP contribution in [-0.2, 0) is 56.8 Å². The minimum Gasteiger partial charge on any atom is -0.493 e. The predicted molar refractivity (Wildman–Crippen MR) is 332 cm³/mol. The topological polar surface area (TPSA) is 290 Å². The zero-order valence-corrected chi connectivity index (χ0v) is 55.0. The fourth-order valence-corrected chi connectivity index (χ4v) is 11.8. The van der Waals surface area contributed by atoms with Crippen molar-refractivity contribution in [2.24, 2.45) is 0 Å². The van der Waals surface area contributed by atoms with E-state index in [1.54, 1.807) is 48.5 Å². The van der Waals surface area contributed by atoms with E-state index in [-0.39, 0.29) is 104 Å². The first kappa shape index (κ1) is 69.3. The Labute approximate surface area is 552 Å². The maximum Gasteiger partial charge on any atom is 0.339 e. The molecule has 0 bridgehead atoms. The summed E-state index contributed by atoms with van der Waals surface area (Å²) in [6, 6.07) is 26.0. The first-order valence-corrected chi connectivity index (χ1v) is 29.7. The van der Waals surface area contributed by atoms with Gasteiger partial charge in [0.1, 0.15) is 24.4 Å². The minimum atomic E-state index is -1.71. The van der Waals surface area contributed by atoms with Crippen LogP contribution in [0.25, 0.3) is 11.1 Å². The maximum atomic E-state index is 16.0. The summed E-state index contributed by atoms with van der Waals surface area (Å²) in [5, 5.41) is 0. The lowest BCUT2D eigenvalue weighted by Crippen LogP contribution is -2.64. The highest BCUT2D eigenvalue weighted by Gasteiger charge is 2.57. The van der Waals surface area contributed by atoms with Gasteiger partial charge in [-0.1, -0.05) is 60.7 Å². The average molecular weight is 1340 g/mol. The minimum absolute atomic E-state index is 0.0683. The summed E-state index contributed by atoms with van der Waals surface area (Å²) in [5.41, 5.74) is -0.286. The lowest BCUT2D eigenvalue weighted by atomic mass is 9.91. The number of fused-ring (bicyclic) bond motifs is 2. The molecule has 0 aromatic heterocycles. The quantitative estimate of drug-likeness (QED) is 0.0388. The third kappa shape index (κ3) is 13.5. The Morgan fingerprint density at radius 3 is 0.927 bits per heavy atom. The van der Waals surface area contributed by atoms with E-state index in [0.29, 0.717) is 11.1 Å². The van der Waals surface area contributed by atoms with Crippen LogP contribution in [0.15, 0.2) is 97.1 Å². The van der Waals surface area contributed by atoms with Gasteiger partial charge >= 0.3 is 23.9 Å². The van der Waals surface area contributed by atoms with Gasteiger partial charge in [-0.2, -0.15) is 0 Å². The number of carbonyl (C=O) groups excluding carboxylic acids is 4. The van der Waals surface area contributed by atoms with Gasteiger partial charge in [0, 0.05) is 36.5 Å². The third-order valence-corrected chi connectivity index (χ3v) is 16.3. The maximum absolute atomic E-state index is 16.0. The molecule has 4 saturated heterocycles. The number of hydrogen-bond donors (Lipinski definition) is 0. The predicted octanol–water partition coefficient (Wildman–Crippen LogP) is 7.93. The van der Waals surface area contributed by atoms with E-state index in [0.717, 1.165) is 0 Å². The molecule has 4 aliphatic rings. The molecule has 4 heterocycles. The fraction of sp³-hybridized carbons (Fsp3) is 0.412. The standard InChI is InChI=1S/C68H74O28/c1-73-39-25-35(26-40(74-2)49(39)79-7)61(69)91-57-53-45(31-87-65(95-53)33-21-17-15-18-22-33)89-67(85-13)59(57)93-63(71)37-29-43(77-5)51(81-9)55(83-11)47(37)48-38(30-44(78-6)52(82-10)56(48)84-12)64(72)94-60-58(92-62(70)36-27-41(75-3)50(80-8)42(28-36)76-4)54-46(90-68(60)86-14)32-88-66(96-54)34-23-19-16-20-24-34/h15-30,45-46,53-54,57-60,65-68H,31-32H2,1-14H3/t45-,46-,53-,54-,57+,58+,59-,60-,65?,66?,67+,68+/m1/s1. The van der Waals surface area contributed by atoms with E-state index in [2.05, 4.69) is 0 Å². The normalized spacial score (nSPS) is 23.4. The van der Waals surface area contributed by atoms with Gasteiger partial charge in [0.2, 0.25) is 23.0 Å². The van der Waals surface area contributed by atoms with Gasteiger partial charge in [0.15, 0.2) is 95.6 Å². The number of benzene rings is 6. The summed E-state index contributed by atoms with van der Waals surface area (Å²) < 4.78 is 146. The second-order valence-electron chi connectivity index (χ2n) is 21.4. The summed E-state index contributed by atoms with van der Waals surface area (Å²) >= 11 is 0. The molecule has 6 aromatic carbocycles. The SMILES string of the molecule is COc1cc(C(=O)O[C@@H]2[C@@H](OC(=O)c3cc(OC)c(OC)c(OC)c3-c3c(C(=O)O[C@H]4[C@@H](OC)O[C@@H]5COC(c6ccccc6)O[C@H]5[C@@H]4OC(=O)c4cc(OC)c(OC)c(OC)c4)cc(OC)c(OC)c3OC)[C@@H](OC)O[C@@H]3COC(c4ccccc4)O[C@@H]23)cc(OC)c1OC. The van der Waals surface area contributed by atoms with Crippen LogP contribution >= 0.6 is 0 Å². The van der Waals surface area contributed by atoms with Gasteiger partial charge in [-0.25, -0.2) is 19.2 Å². The monoisotopic (exact) mass is 1340 g/mol. The molecule has 12 atom stereocenters. The molecule has 0 aliphatic carbocycles. The smallest absolute Gasteiger partial charge is 0.339 e. The summed E-state index contributed by atoms with van der Waals surface area (Å²) in [6.45, 7) is -0.216. The molecule has 28 nitrogen and oxygen atoms in total. The van der Waals surface area contributed by atoms with Crippen LogP contribution in [0.2, 0.25) is 0 Å². The van der Waals surface area contributed by atoms with Crippen molar-refractivity contribution in [1.82, 2.24) is 0 Å². The second-order valence-corrected chi connectivity index (χ2v) is 21.4. The van der Waals surface area contributed by atoms with Crippen molar-refractivity contribution in [3.05, 3.63) is 130 Å². The summed E-state index contributed by atoms with van der Waals surface area (Å²) in [5.74, 6) is -4.29. The van der Waals surface area contributed by atoms with E-state index >= 15 is 9.59 Å². The molecule has 0 N–H and O–H groups in total. The molecular weight excluding hydrogens is 1260 g/mol. The Morgan fingerprint density at radius 2 is 0.635 bits per heavy atom. The fourth-order valence-electron chi connectivity index (χ4n) is 11.8. The average Bonchev–Trinajstić information content (AvgIpc) is 0.745. The zero-order valence-electron chi connectivity index (χ0n) is 55.0. The van der Waals surface area contributed by atoms with E-state index in [9.17, 15) is 9.59 Å². The third-order valence-electron chi connectivity index (χ3n) is 16.3. The molecule has 96 heavy (non-hydrogen) atoms. The summed E-state index contributed by atoms with van der Waals surface area (Å²) in [6.07, 6.45) is -16.1. The van der Waals surface area contributed by atoms with E-state index in [1.807, 2.05) is 12.1 Å². The first-order chi connectivity index (χ1) is 46.6. The highest BCUT2D eigenvalue weighted by atomic mass is 16.8. The molecule has 28 heteroatoms. The van der Waals surface area contributed by atoms with Crippen molar-refractivity contribution in [2.75, 3.05) is 113 Å². The molecule has 10 rings (SSSR count). The highest BCUT2D eigenvalue weighted by Crippen LogP contribution is 2.55. The number of rotatable bonds is 25. The van der Waals surface area contributed by atoms with Gasteiger partial charge < -0.3 is 114 Å². The van der Waals surface area contributed by atoms with Crippen molar-refractivity contribution in [3.63, 3.8) is 0 Å². The summed E-state index contributed by atoms with van der Waals surface area (Å²) in [4.78, 5) is 61.6. The first-order valence-electron chi connectivity index (χ1n) is 29.7. The van der Waals surface area contributed by atoms with Crippen molar-refractivity contribution in [2.45, 2.75) is 74.0 Å². The molecule has 0 radical (unpaired) electrons. The molecule has 4 fully saturated rings. The van der Waals surface area contributed by atoms with E-state index < -0.39 is 109 Å². The van der Waals surface area contributed by atoms with E-state index in [4.69, 9.17) is 114 Å². The van der Waals surface area contributed by atoms with Crippen molar-refractivity contribution < 1.29 is 133 Å². The van der Waals surface area contributed by atoms with Crippen LogP contribution in [0.1, 0.15) is 65.1 Å². The van der Waals surface area contributed by atoms with Gasteiger partial charge in [-0.3, -0.25) is 0 Å². The Bertz CT molecular complexity index is 3440. The van der Waals surface area contributed by atoms with Gasteiger partial charge in [0.05, 0.1) is 121 Å². The van der Waals surface area contributed by atoms with Crippen LogP contribution in [-0.4, -0.2) is 198 Å². The van der Waals surface area contributed by atoms with Gasteiger partial charge in [-0.05, 0) is 36.4 Å². The van der Waals surface area contributed by atoms with Crippen LogP contribution in [0.5, 0.6) is 69.0 Å². The number of esters is 4. The second kappa shape index (κ2) is 30.9. The molecule has 0 saturated carbocycles. The number of methoxy groups -OCH3 is 14. The van der Waals surface area contributed by atoms with Crippen LogP contribution < -0.4 is 56.8 Å². The van der Waals surface area contributed by atoms with Crippen LogP contribution in [0.4, 0.5) is 0 Å². The van der Waals surface area contributed by atoms with Crippen molar-refractivity contribution >= 4 is 23.9 Å². The lowest BCUT2D eigenvalue weighted by molar-refractivity contribution is -0.356. The van der Waals surface area contributed by atoms with Crippen molar-refractivity contribution in [1.29, 1.82) is 0 Å². The van der Waals surface area contributed by atoms with Gasteiger partial charge in [-0.15, -0.1) is 0 Å². The van der Waals surface area contributed by atoms with Crippen molar-refractivity contribution in [3.8, 4) is 80.1 Å². The molecule has 4 aliphatic heterocycles. The molecule has 6 aromatic rings. The largest absolute Gasteiger partial charge is 0.493 e. The Hall–Kier alpha value is -9.52. The van der Waals surface area contributed by atoms with Crippen LogP contribution in [0, 0.1) is 0 Å². The number of hydrogen-bond acceptors (Lipinski definition) is 28. The Morgan fingerprint density at radius 1 is 0.333 bits per heavy atom. The molecule has 0 spiro atoms. The van der Waals surface area contributed by atoms with Crippen LogP contribution in [0.3, 0.4) is 0 Å². The number of ether oxygens (including phenoxy) is 24.